The number of hydrogen-bond acceptors (Lipinski definition) is 2. The van der Waals surface area contributed by atoms with Crippen molar-refractivity contribution in [1.82, 2.24) is 0 Å². The van der Waals surface area contributed by atoms with Crippen LogP contribution in [0.15, 0.2) is 18.2 Å². The molecule has 1 aromatic carbocycles. The first-order valence-electron chi connectivity index (χ1n) is 3.66. The molecular formula is C8H5F5O2. The predicted molar refractivity (Wildman–Crippen MR) is 39.7 cm³/mol. The molecule has 1 rings (SSSR count). The molecule has 0 atom stereocenters. The Morgan fingerprint density at radius 3 is 2.33 bits per heavy atom. The zero-order valence-electron chi connectivity index (χ0n) is 7.15. The third kappa shape index (κ3) is 3.61. The predicted octanol–water partition coefficient (Wildman–Crippen LogP) is 3.03. The molecule has 0 saturated carbocycles. The van der Waals surface area contributed by atoms with Crippen LogP contribution < -0.4 is 9.47 Å². The van der Waals surface area contributed by atoms with Gasteiger partial charge in [0.15, 0.2) is 11.5 Å². The first kappa shape index (κ1) is 11.5. The lowest BCUT2D eigenvalue weighted by Gasteiger charge is -2.12. The van der Waals surface area contributed by atoms with E-state index >= 15 is 0 Å². The Labute approximate surface area is 81.2 Å². The lowest BCUT2D eigenvalue weighted by Crippen LogP contribution is -2.17. The Kier molecular flexibility index (Phi) is 3.33. The summed E-state index contributed by atoms with van der Waals surface area (Å²) in [5.74, 6) is -2.29. The SMILES string of the molecule is FCOc1cc(F)ccc1OC(F)(F)F. The molecule has 0 amide bonds. The molecule has 0 radical (unpaired) electrons. The molecule has 1 aromatic rings. The lowest BCUT2D eigenvalue weighted by atomic mass is 10.3. The van der Waals surface area contributed by atoms with Crippen LogP contribution in [0.4, 0.5) is 22.0 Å². The van der Waals surface area contributed by atoms with Crippen LogP contribution in [-0.4, -0.2) is 13.2 Å². The monoisotopic (exact) mass is 228 g/mol. The lowest BCUT2D eigenvalue weighted by molar-refractivity contribution is -0.275. The zero-order valence-corrected chi connectivity index (χ0v) is 7.15. The first-order chi connectivity index (χ1) is 6.92. The van der Waals surface area contributed by atoms with Gasteiger partial charge < -0.3 is 9.47 Å². The van der Waals surface area contributed by atoms with Gasteiger partial charge in [-0.05, 0) is 12.1 Å². The van der Waals surface area contributed by atoms with Crippen LogP contribution in [0.2, 0.25) is 0 Å². The van der Waals surface area contributed by atoms with Gasteiger partial charge in [-0.2, -0.15) is 0 Å². The molecule has 0 saturated heterocycles. The van der Waals surface area contributed by atoms with E-state index in [1.165, 1.54) is 0 Å². The Bertz CT molecular complexity index is 336. The molecule has 0 aromatic heterocycles. The molecular weight excluding hydrogens is 223 g/mol. The zero-order chi connectivity index (χ0) is 11.5. The summed E-state index contributed by atoms with van der Waals surface area (Å²) in [4.78, 5) is 0. The standard InChI is InChI=1S/C8H5F5O2/c9-4-14-7-3-5(10)1-2-6(7)15-8(11,12)13/h1-3H,4H2. The Balaban J connectivity index is 2.95. The molecule has 84 valence electrons. The van der Waals surface area contributed by atoms with E-state index in [4.69, 9.17) is 0 Å². The topological polar surface area (TPSA) is 18.5 Å². The van der Waals surface area contributed by atoms with E-state index in [0.29, 0.717) is 12.1 Å². The maximum Gasteiger partial charge on any atom is 0.573 e. The van der Waals surface area contributed by atoms with Gasteiger partial charge in [0.25, 0.3) is 0 Å². The normalized spacial score (nSPS) is 11.3. The average molecular weight is 228 g/mol. The van der Waals surface area contributed by atoms with Gasteiger partial charge >= 0.3 is 6.36 Å². The quantitative estimate of drug-likeness (QED) is 0.740. The van der Waals surface area contributed by atoms with Crippen LogP contribution in [0.5, 0.6) is 11.5 Å². The number of rotatable bonds is 3. The van der Waals surface area contributed by atoms with E-state index in [2.05, 4.69) is 9.47 Å². The summed E-state index contributed by atoms with van der Waals surface area (Å²) in [6.45, 7) is -1.38. The average Bonchev–Trinajstić information content (AvgIpc) is 2.08. The molecule has 0 aliphatic carbocycles. The number of hydrogen-bond donors (Lipinski definition) is 0. The van der Waals surface area contributed by atoms with Crippen molar-refractivity contribution in [2.45, 2.75) is 6.36 Å². The molecule has 2 nitrogen and oxygen atoms in total. The molecule has 0 aliphatic rings. The van der Waals surface area contributed by atoms with Gasteiger partial charge in [-0.15, -0.1) is 13.2 Å². The van der Waals surface area contributed by atoms with Crippen molar-refractivity contribution in [1.29, 1.82) is 0 Å². The number of benzene rings is 1. The van der Waals surface area contributed by atoms with Crippen molar-refractivity contribution < 1.29 is 31.4 Å². The Morgan fingerprint density at radius 1 is 1.13 bits per heavy atom. The molecule has 0 N–H and O–H groups in total. The fourth-order valence-electron chi connectivity index (χ4n) is 0.862. The third-order valence-corrected chi connectivity index (χ3v) is 1.34. The minimum Gasteiger partial charge on any atom is -0.459 e. The van der Waals surface area contributed by atoms with Gasteiger partial charge in [-0.1, -0.05) is 0 Å². The largest absolute Gasteiger partial charge is 0.573 e. The summed E-state index contributed by atoms with van der Waals surface area (Å²) >= 11 is 0. The van der Waals surface area contributed by atoms with Crippen molar-refractivity contribution in [2.24, 2.45) is 0 Å². The number of ether oxygens (including phenoxy) is 2. The summed E-state index contributed by atoms with van der Waals surface area (Å²) < 4.78 is 67.3. The van der Waals surface area contributed by atoms with Crippen molar-refractivity contribution in [2.75, 3.05) is 6.86 Å². The third-order valence-electron chi connectivity index (χ3n) is 1.34. The minimum atomic E-state index is -4.94. The Hall–Kier alpha value is -1.53. The highest BCUT2D eigenvalue weighted by Gasteiger charge is 2.32. The highest BCUT2D eigenvalue weighted by Crippen LogP contribution is 2.32. The summed E-state index contributed by atoms with van der Waals surface area (Å²) in [6.07, 6.45) is -4.94. The second kappa shape index (κ2) is 4.33. The summed E-state index contributed by atoms with van der Waals surface area (Å²) in [7, 11) is 0. The molecule has 0 heterocycles. The van der Waals surface area contributed by atoms with Crippen molar-refractivity contribution in [3.8, 4) is 11.5 Å². The summed E-state index contributed by atoms with van der Waals surface area (Å²) in [6, 6.07) is 2.04. The molecule has 7 heteroatoms. The van der Waals surface area contributed by atoms with E-state index < -0.39 is 30.5 Å². The number of halogens is 5. The van der Waals surface area contributed by atoms with E-state index in [1.54, 1.807) is 0 Å². The van der Waals surface area contributed by atoms with Crippen molar-refractivity contribution >= 4 is 0 Å². The second-order valence-corrected chi connectivity index (χ2v) is 2.39. The molecule has 0 unspecified atom stereocenters. The summed E-state index contributed by atoms with van der Waals surface area (Å²) in [5.41, 5.74) is 0. The maximum atomic E-state index is 12.6. The highest BCUT2D eigenvalue weighted by molar-refractivity contribution is 5.40. The number of alkyl halides is 4. The molecule has 0 spiro atoms. The van der Waals surface area contributed by atoms with Crippen LogP contribution in [0.3, 0.4) is 0 Å². The first-order valence-corrected chi connectivity index (χ1v) is 3.66. The smallest absolute Gasteiger partial charge is 0.459 e. The van der Waals surface area contributed by atoms with Gasteiger partial charge in [-0.3, -0.25) is 0 Å². The summed E-state index contributed by atoms with van der Waals surface area (Å²) in [5, 5.41) is 0. The van der Waals surface area contributed by atoms with Gasteiger partial charge in [0.1, 0.15) is 5.82 Å². The van der Waals surface area contributed by atoms with Crippen LogP contribution in [0.1, 0.15) is 0 Å². The van der Waals surface area contributed by atoms with E-state index in [1.807, 2.05) is 0 Å². The van der Waals surface area contributed by atoms with Gasteiger partial charge in [-0.25, -0.2) is 8.78 Å². The Morgan fingerprint density at radius 2 is 1.80 bits per heavy atom. The van der Waals surface area contributed by atoms with Crippen LogP contribution in [-0.2, 0) is 0 Å². The maximum absolute atomic E-state index is 12.6. The highest BCUT2D eigenvalue weighted by atomic mass is 19.4. The van der Waals surface area contributed by atoms with E-state index in [-0.39, 0.29) is 0 Å². The molecule has 15 heavy (non-hydrogen) atoms. The molecule has 0 aliphatic heterocycles. The van der Waals surface area contributed by atoms with Crippen LogP contribution in [0.25, 0.3) is 0 Å². The minimum absolute atomic E-state index is 0.598. The second-order valence-electron chi connectivity index (χ2n) is 2.39. The van der Waals surface area contributed by atoms with E-state index in [0.717, 1.165) is 6.07 Å². The van der Waals surface area contributed by atoms with Gasteiger partial charge in [0, 0.05) is 6.07 Å². The van der Waals surface area contributed by atoms with Crippen molar-refractivity contribution in [3.05, 3.63) is 24.0 Å². The van der Waals surface area contributed by atoms with Crippen LogP contribution in [0, 0.1) is 5.82 Å². The van der Waals surface area contributed by atoms with E-state index in [9.17, 15) is 22.0 Å². The van der Waals surface area contributed by atoms with Gasteiger partial charge in [0.05, 0.1) is 0 Å². The molecule has 0 bridgehead atoms. The fraction of sp³-hybridized carbons (Fsp3) is 0.250. The van der Waals surface area contributed by atoms with Gasteiger partial charge in [0.2, 0.25) is 6.86 Å². The molecule has 0 fully saturated rings. The van der Waals surface area contributed by atoms with Crippen LogP contribution >= 0.6 is 0 Å². The fourth-order valence-corrected chi connectivity index (χ4v) is 0.862. The van der Waals surface area contributed by atoms with Crippen molar-refractivity contribution in [3.63, 3.8) is 0 Å².